The van der Waals surface area contributed by atoms with Gasteiger partial charge >= 0.3 is 0 Å². The van der Waals surface area contributed by atoms with Crippen molar-refractivity contribution in [2.45, 2.75) is 6.42 Å². The number of benzene rings is 1. The van der Waals surface area contributed by atoms with Crippen LogP contribution in [0.15, 0.2) is 34.7 Å². The number of amides is 1. The van der Waals surface area contributed by atoms with Crippen LogP contribution >= 0.6 is 0 Å². The van der Waals surface area contributed by atoms with Gasteiger partial charge in [-0.3, -0.25) is 4.79 Å². The van der Waals surface area contributed by atoms with Gasteiger partial charge in [-0.2, -0.15) is 4.31 Å². The average Bonchev–Trinajstić information content (AvgIpc) is 2.80. The molecule has 0 atom stereocenters. The van der Waals surface area contributed by atoms with Crippen molar-refractivity contribution in [3.8, 4) is 0 Å². The molecule has 1 heterocycles. The molecule has 6 nitrogen and oxygen atoms in total. The highest BCUT2D eigenvalue weighted by molar-refractivity contribution is 7.88. The number of nitrogens with one attached hydrogen (secondary N) is 1. The van der Waals surface area contributed by atoms with E-state index in [1.165, 1.54) is 7.05 Å². The largest absolute Gasteiger partial charge is 0.461 e. The van der Waals surface area contributed by atoms with E-state index < -0.39 is 10.0 Å². The van der Waals surface area contributed by atoms with Gasteiger partial charge in [0.15, 0.2) is 0 Å². The van der Waals surface area contributed by atoms with E-state index in [-0.39, 0.29) is 12.5 Å². The molecule has 1 amide bonds. The number of rotatable bonds is 6. The number of sulfonamides is 1. The summed E-state index contributed by atoms with van der Waals surface area (Å²) in [5, 5.41) is 3.70. The van der Waals surface area contributed by atoms with Crippen LogP contribution in [0.2, 0.25) is 0 Å². The predicted molar refractivity (Wildman–Crippen MR) is 80.4 cm³/mol. The molecule has 0 bridgehead atoms. The van der Waals surface area contributed by atoms with Gasteiger partial charge in [0, 0.05) is 25.4 Å². The van der Waals surface area contributed by atoms with Crippen LogP contribution in [-0.4, -0.2) is 45.0 Å². The molecule has 2 aromatic rings. The molecule has 0 saturated heterocycles. The second-order valence-corrected chi connectivity index (χ2v) is 6.96. The SMILES string of the molecule is CN(CC(=O)NCCc1cc2ccccc2o1)S(C)(=O)=O. The van der Waals surface area contributed by atoms with Crippen LogP contribution in [0.4, 0.5) is 0 Å². The second kappa shape index (κ2) is 6.28. The van der Waals surface area contributed by atoms with Crippen LogP contribution in [0.5, 0.6) is 0 Å². The van der Waals surface area contributed by atoms with Gasteiger partial charge < -0.3 is 9.73 Å². The minimum atomic E-state index is -3.34. The van der Waals surface area contributed by atoms with E-state index in [9.17, 15) is 13.2 Å². The lowest BCUT2D eigenvalue weighted by Gasteiger charge is -2.13. The number of carbonyl (C=O) groups is 1. The van der Waals surface area contributed by atoms with Crippen molar-refractivity contribution in [3.05, 3.63) is 36.1 Å². The Morgan fingerprint density at radius 3 is 2.71 bits per heavy atom. The van der Waals surface area contributed by atoms with E-state index in [1.807, 2.05) is 30.3 Å². The Bertz CT molecular complexity index is 703. The lowest BCUT2D eigenvalue weighted by atomic mass is 10.2. The molecule has 0 aliphatic rings. The van der Waals surface area contributed by atoms with Crippen LogP contribution in [0.1, 0.15) is 5.76 Å². The van der Waals surface area contributed by atoms with Gasteiger partial charge in [-0.15, -0.1) is 0 Å². The Morgan fingerprint density at radius 1 is 1.33 bits per heavy atom. The van der Waals surface area contributed by atoms with E-state index in [0.717, 1.165) is 27.3 Å². The molecule has 0 aliphatic carbocycles. The number of likely N-dealkylation sites (N-methyl/N-ethyl adjacent to an activating group) is 1. The molecule has 0 aliphatic heterocycles. The molecule has 21 heavy (non-hydrogen) atoms. The van der Waals surface area contributed by atoms with Crippen molar-refractivity contribution in [1.82, 2.24) is 9.62 Å². The zero-order valence-electron chi connectivity index (χ0n) is 12.0. The first-order valence-corrected chi connectivity index (χ1v) is 8.36. The highest BCUT2D eigenvalue weighted by atomic mass is 32.2. The van der Waals surface area contributed by atoms with E-state index in [2.05, 4.69) is 5.32 Å². The highest BCUT2D eigenvalue weighted by Crippen LogP contribution is 2.18. The molecule has 0 spiro atoms. The molecule has 1 aromatic heterocycles. The Kier molecular flexibility index (Phi) is 4.64. The maximum absolute atomic E-state index is 11.6. The summed E-state index contributed by atoms with van der Waals surface area (Å²) in [6.45, 7) is 0.217. The maximum Gasteiger partial charge on any atom is 0.235 e. The van der Waals surface area contributed by atoms with Gasteiger partial charge in [0.25, 0.3) is 0 Å². The predicted octanol–water partition coefficient (Wildman–Crippen LogP) is 0.983. The summed E-state index contributed by atoms with van der Waals surface area (Å²) in [4.78, 5) is 11.6. The summed E-state index contributed by atoms with van der Waals surface area (Å²) in [5.74, 6) is 0.451. The Morgan fingerprint density at radius 2 is 2.05 bits per heavy atom. The van der Waals surface area contributed by atoms with Crippen molar-refractivity contribution >= 4 is 26.9 Å². The zero-order chi connectivity index (χ0) is 15.5. The Hall–Kier alpha value is -1.86. The van der Waals surface area contributed by atoms with Crippen molar-refractivity contribution < 1.29 is 17.6 Å². The minimum absolute atomic E-state index is 0.182. The molecule has 1 aromatic carbocycles. The quantitative estimate of drug-likeness (QED) is 0.862. The number of fused-ring (bicyclic) bond motifs is 1. The molecule has 0 radical (unpaired) electrons. The number of nitrogens with zero attached hydrogens (tertiary/aromatic N) is 1. The van der Waals surface area contributed by atoms with E-state index in [4.69, 9.17) is 4.42 Å². The summed E-state index contributed by atoms with van der Waals surface area (Å²) in [7, 11) is -1.97. The topological polar surface area (TPSA) is 79.6 Å². The number of para-hydroxylation sites is 1. The van der Waals surface area contributed by atoms with Gasteiger partial charge in [-0.1, -0.05) is 18.2 Å². The lowest BCUT2D eigenvalue weighted by Crippen LogP contribution is -2.38. The summed E-state index contributed by atoms with van der Waals surface area (Å²) in [6.07, 6.45) is 1.62. The summed E-state index contributed by atoms with van der Waals surface area (Å²) in [5.41, 5.74) is 0.815. The van der Waals surface area contributed by atoms with E-state index >= 15 is 0 Å². The van der Waals surface area contributed by atoms with Crippen LogP contribution < -0.4 is 5.32 Å². The standard InChI is InChI=1S/C14H18N2O4S/c1-16(21(2,18)19)10-14(17)15-8-7-12-9-11-5-3-4-6-13(11)20-12/h3-6,9H,7-8,10H2,1-2H3,(H,15,17). The monoisotopic (exact) mass is 310 g/mol. The molecule has 0 unspecified atom stereocenters. The highest BCUT2D eigenvalue weighted by Gasteiger charge is 2.14. The third kappa shape index (κ3) is 4.30. The van der Waals surface area contributed by atoms with Crippen molar-refractivity contribution in [2.24, 2.45) is 0 Å². The van der Waals surface area contributed by atoms with Gasteiger partial charge in [0.2, 0.25) is 15.9 Å². The fourth-order valence-electron chi connectivity index (χ4n) is 1.86. The Labute approximate surface area is 123 Å². The van der Waals surface area contributed by atoms with Crippen LogP contribution in [0.25, 0.3) is 11.0 Å². The summed E-state index contributed by atoms with van der Waals surface area (Å²) < 4.78 is 29.0. The number of hydrogen-bond acceptors (Lipinski definition) is 4. The summed E-state index contributed by atoms with van der Waals surface area (Å²) >= 11 is 0. The smallest absolute Gasteiger partial charge is 0.235 e. The van der Waals surface area contributed by atoms with Crippen LogP contribution in [-0.2, 0) is 21.2 Å². The fraction of sp³-hybridized carbons (Fsp3) is 0.357. The number of carbonyl (C=O) groups excluding carboxylic acids is 1. The molecular weight excluding hydrogens is 292 g/mol. The normalized spacial score (nSPS) is 12.0. The molecule has 0 saturated carbocycles. The number of hydrogen-bond donors (Lipinski definition) is 1. The van der Waals surface area contributed by atoms with Gasteiger partial charge in [0.1, 0.15) is 11.3 Å². The average molecular weight is 310 g/mol. The lowest BCUT2D eigenvalue weighted by molar-refractivity contribution is -0.121. The van der Waals surface area contributed by atoms with E-state index in [0.29, 0.717) is 13.0 Å². The van der Waals surface area contributed by atoms with Crippen molar-refractivity contribution in [3.63, 3.8) is 0 Å². The number of furan rings is 1. The first-order valence-electron chi connectivity index (χ1n) is 6.52. The van der Waals surface area contributed by atoms with Gasteiger partial charge in [-0.05, 0) is 12.1 Å². The van der Waals surface area contributed by atoms with Crippen LogP contribution in [0.3, 0.4) is 0 Å². The molecular formula is C14H18N2O4S. The fourth-order valence-corrected chi connectivity index (χ4v) is 2.21. The first-order chi connectivity index (χ1) is 9.86. The molecule has 0 fully saturated rings. The first kappa shape index (κ1) is 15.5. The van der Waals surface area contributed by atoms with Crippen molar-refractivity contribution in [1.29, 1.82) is 0 Å². The van der Waals surface area contributed by atoms with Crippen LogP contribution in [0, 0.1) is 0 Å². The second-order valence-electron chi connectivity index (χ2n) is 4.87. The van der Waals surface area contributed by atoms with Crippen molar-refractivity contribution in [2.75, 3.05) is 26.4 Å². The molecule has 1 N–H and O–H groups in total. The molecule has 7 heteroatoms. The maximum atomic E-state index is 11.6. The summed E-state index contributed by atoms with van der Waals surface area (Å²) in [6, 6.07) is 9.62. The third-order valence-corrected chi connectivity index (χ3v) is 4.36. The van der Waals surface area contributed by atoms with Gasteiger partial charge in [-0.25, -0.2) is 8.42 Å². The minimum Gasteiger partial charge on any atom is -0.461 e. The van der Waals surface area contributed by atoms with Gasteiger partial charge in [0.05, 0.1) is 12.8 Å². The molecule has 2 rings (SSSR count). The molecule has 114 valence electrons. The Balaban J connectivity index is 1.82. The zero-order valence-corrected chi connectivity index (χ0v) is 12.8. The third-order valence-electron chi connectivity index (χ3n) is 3.10. The van der Waals surface area contributed by atoms with E-state index in [1.54, 1.807) is 0 Å².